The number of aryl methyl sites for hydroxylation is 1. The molecule has 3 heteroatoms. The summed E-state index contributed by atoms with van der Waals surface area (Å²) in [5.41, 5.74) is 3.06. The second-order valence-electron chi connectivity index (χ2n) is 4.75. The molecule has 1 aromatic heterocycles. The van der Waals surface area contributed by atoms with Gasteiger partial charge in [0.25, 0.3) is 0 Å². The first-order valence-corrected chi connectivity index (χ1v) is 6.42. The van der Waals surface area contributed by atoms with Crippen LogP contribution in [0.25, 0.3) is 0 Å². The third-order valence-electron chi connectivity index (χ3n) is 3.66. The molecule has 0 atom stereocenters. The van der Waals surface area contributed by atoms with Gasteiger partial charge in [0.05, 0.1) is 5.88 Å². The third kappa shape index (κ3) is 2.03. The molecule has 1 aliphatic rings. The number of carbonyl (C=O) groups is 1. The van der Waals surface area contributed by atoms with Gasteiger partial charge in [0.2, 0.25) is 0 Å². The van der Waals surface area contributed by atoms with E-state index in [1.54, 1.807) is 0 Å². The zero-order valence-corrected chi connectivity index (χ0v) is 10.7. The lowest BCUT2D eigenvalue weighted by atomic mass is 9.85. The fourth-order valence-corrected chi connectivity index (χ4v) is 2.51. The molecule has 0 spiro atoms. The predicted molar refractivity (Wildman–Crippen MR) is 66.3 cm³/mol. The highest BCUT2D eigenvalue weighted by atomic mass is 35.5. The lowest BCUT2D eigenvalue weighted by Gasteiger charge is -2.27. The minimum Gasteiger partial charge on any atom is -0.348 e. The molecule has 0 aliphatic heterocycles. The molecule has 0 bridgehead atoms. The van der Waals surface area contributed by atoms with Gasteiger partial charge < -0.3 is 4.57 Å². The lowest BCUT2D eigenvalue weighted by Crippen LogP contribution is -2.19. The maximum atomic E-state index is 11.6. The molecule has 2 nitrogen and oxygen atoms in total. The number of Topliss-reactive ketones (excluding diaryl/α,β-unsaturated/α-hetero) is 1. The molecule has 0 saturated heterocycles. The van der Waals surface area contributed by atoms with Crippen LogP contribution < -0.4 is 0 Å². The summed E-state index contributed by atoms with van der Waals surface area (Å²) in [5.74, 6) is 0.923. The van der Waals surface area contributed by atoms with Crippen molar-refractivity contribution in [2.45, 2.75) is 39.7 Å². The average molecular weight is 240 g/mol. The molecule has 0 N–H and O–H groups in total. The van der Waals surface area contributed by atoms with Crippen LogP contribution in [0.5, 0.6) is 0 Å². The topological polar surface area (TPSA) is 22.0 Å². The molecule has 0 aromatic carbocycles. The summed E-state index contributed by atoms with van der Waals surface area (Å²) in [7, 11) is 0. The quantitative estimate of drug-likeness (QED) is 0.584. The molecule has 0 radical (unpaired) electrons. The first-order valence-electron chi connectivity index (χ1n) is 5.89. The molecule has 1 saturated carbocycles. The maximum Gasteiger partial charge on any atom is 0.179 e. The Kier molecular flexibility index (Phi) is 3.38. The van der Waals surface area contributed by atoms with Crippen molar-refractivity contribution in [3.05, 3.63) is 23.0 Å². The monoisotopic (exact) mass is 239 g/mol. The normalized spacial score (nSPS) is 16.2. The maximum absolute atomic E-state index is 11.6. The van der Waals surface area contributed by atoms with Crippen LogP contribution in [-0.2, 0) is 6.54 Å². The molecule has 1 aromatic rings. The molecule has 1 aliphatic carbocycles. The Labute approximate surface area is 102 Å². The number of halogens is 1. The van der Waals surface area contributed by atoms with E-state index in [0.717, 1.165) is 23.7 Å². The van der Waals surface area contributed by atoms with Gasteiger partial charge in [-0.1, -0.05) is 6.42 Å². The van der Waals surface area contributed by atoms with Gasteiger partial charge in [-0.15, -0.1) is 11.6 Å². The van der Waals surface area contributed by atoms with Gasteiger partial charge in [-0.2, -0.15) is 0 Å². The van der Waals surface area contributed by atoms with Crippen molar-refractivity contribution in [1.29, 1.82) is 0 Å². The Morgan fingerprint density at radius 1 is 1.50 bits per heavy atom. The highest BCUT2D eigenvalue weighted by molar-refractivity contribution is 6.30. The van der Waals surface area contributed by atoms with Crippen molar-refractivity contribution in [3.8, 4) is 0 Å². The van der Waals surface area contributed by atoms with Crippen LogP contribution in [0.4, 0.5) is 0 Å². The molecular formula is C13H18ClNO. The van der Waals surface area contributed by atoms with Crippen LogP contribution in [0.2, 0.25) is 0 Å². The largest absolute Gasteiger partial charge is 0.348 e. The molecule has 1 heterocycles. The molecule has 1 fully saturated rings. The van der Waals surface area contributed by atoms with E-state index in [0.29, 0.717) is 0 Å². The summed E-state index contributed by atoms with van der Waals surface area (Å²) in [6.07, 6.45) is 4.02. The predicted octanol–water partition coefficient (Wildman–Crippen LogP) is 3.33. The number of ketones is 1. The molecule has 0 amide bonds. The fourth-order valence-electron chi connectivity index (χ4n) is 2.37. The Hall–Kier alpha value is -0.760. The minimum absolute atomic E-state index is 0.0367. The summed E-state index contributed by atoms with van der Waals surface area (Å²) in [5, 5.41) is 0. The molecule has 16 heavy (non-hydrogen) atoms. The van der Waals surface area contributed by atoms with Gasteiger partial charge in [0.1, 0.15) is 0 Å². The number of carbonyl (C=O) groups excluding carboxylic acids is 1. The van der Waals surface area contributed by atoms with Gasteiger partial charge in [-0.3, -0.25) is 4.79 Å². The molecule has 0 unspecified atom stereocenters. The van der Waals surface area contributed by atoms with Crippen LogP contribution in [-0.4, -0.2) is 16.2 Å². The average Bonchev–Trinajstić information content (AvgIpc) is 2.48. The SMILES string of the molecule is Cc1cc(C(=O)CCl)c(C)n1CC1CCC1. The summed E-state index contributed by atoms with van der Waals surface area (Å²) in [6, 6.07) is 1.97. The second-order valence-corrected chi connectivity index (χ2v) is 5.02. The van der Waals surface area contributed by atoms with Crippen LogP contribution >= 0.6 is 11.6 Å². The summed E-state index contributed by atoms with van der Waals surface area (Å²) in [4.78, 5) is 11.6. The zero-order valence-electron chi connectivity index (χ0n) is 9.92. The minimum atomic E-state index is 0.0367. The van der Waals surface area contributed by atoms with Crippen molar-refractivity contribution in [2.24, 2.45) is 5.92 Å². The molecular weight excluding hydrogens is 222 g/mol. The van der Waals surface area contributed by atoms with E-state index < -0.39 is 0 Å². The fraction of sp³-hybridized carbons (Fsp3) is 0.615. The van der Waals surface area contributed by atoms with E-state index in [-0.39, 0.29) is 11.7 Å². The number of alkyl halides is 1. The van der Waals surface area contributed by atoms with Gasteiger partial charge in [0, 0.05) is 23.5 Å². The second kappa shape index (κ2) is 4.62. The van der Waals surface area contributed by atoms with Crippen molar-refractivity contribution < 1.29 is 4.79 Å². The van der Waals surface area contributed by atoms with E-state index >= 15 is 0 Å². The van der Waals surface area contributed by atoms with Crippen LogP contribution in [0.3, 0.4) is 0 Å². The number of hydrogen-bond acceptors (Lipinski definition) is 1. The Morgan fingerprint density at radius 3 is 2.69 bits per heavy atom. The van der Waals surface area contributed by atoms with Crippen molar-refractivity contribution in [1.82, 2.24) is 4.57 Å². The number of nitrogens with zero attached hydrogens (tertiary/aromatic N) is 1. The smallest absolute Gasteiger partial charge is 0.179 e. The Bertz CT molecular complexity index is 404. The number of hydrogen-bond donors (Lipinski definition) is 0. The first-order chi connectivity index (χ1) is 7.63. The van der Waals surface area contributed by atoms with E-state index in [1.807, 2.05) is 13.0 Å². The number of aromatic nitrogens is 1. The molecule has 88 valence electrons. The third-order valence-corrected chi connectivity index (χ3v) is 3.90. The van der Waals surface area contributed by atoms with Crippen LogP contribution in [0.1, 0.15) is 41.0 Å². The highest BCUT2D eigenvalue weighted by Crippen LogP contribution is 2.29. The van der Waals surface area contributed by atoms with E-state index in [4.69, 9.17) is 11.6 Å². The standard InChI is InChI=1S/C13H18ClNO/c1-9-6-12(13(16)7-14)10(2)15(9)8-11-4-3-5-11/h6,11H,3-5,7-8H2,1-2H3. The van der Waals surface area contributed by atoms with E-state index in [2.05, 4.69) is 11.5 Å². The Balaban J connectivity index is 2.23. The highest BCUT2D eigenvalue weighted by Gasteiger charge is 2.21. The van der Waals surface area contributed by atoms with Gasteiger partial charge in [0.15, 0.2) is 5.78 Å². The molecule has 2 rings (SSSR count). The van der Waals surface area contributed by atoms with Gasteiger partial charge >= 0.3 is 0 Å². The van der Waals surface area contributed by atoms with Crippen molar-refractivity contribution >= 4 is 17.4 Å². The van der Waals surface area contributed by atoms with Gasteiger partial charge in [-0.05, 0) is 38.7 Å². The first kappa shape index (κ1) is 11.7. The van der Waals surface area contributed by atoms with Gasteiger partial charge in [-0.25, -0.2) is 0 Å². The van der Waals surface area contributed by atoms with Crippen LogP contribution in [0.15, 0.2) is 6.07 Å². The summed E-state index contributed by atoms with van der Waals surface area (Å²) < 4.78 is 2.27. The summed E-state index contributed by atoms with van der Waals surface area (Å²) >= 11 is 5.61. The van der Waals surface area contributed by atoms with E-state index in [1.165, 1.54) is 25.0 Å². The van der Waals surface area contributed by atoms with Crippen molar-refractivity contribution in [2.75, 3.05) is 5.88 Å². The van der Waals surface area contributed by atoms with Crippen LogP contribution in [0, 0.1) is 19.8 Å². The zero-order chi connectivity index (χ0) is 11.7. The lowest BCUT2D eigenvalue weighted by molar-refractivity contribution is 0.102. The number of rotatable bonds is 4. The Morgan fingerprint density at radius 2 is 2.19 bits per heavy atom. The van der Waals surface area contributed by atoms with Crippen molar-refractivity contribution in [3.63, 3.8) is 0 Å². The summed E-state index contributed by atoms with van der Waals surface area (Å²) in [6.45, 7) is 5.15. The van der Waals surface area contributed by atoms with E-state index in [9.17, 15) is 4.79 Å².